The average molecular weight is 386 g/mol. The molecule has 0 aromatic heterocycles. The number of benzene rings is 1. The van der Waals surface area contributed by atoms with Crippen LogP contribution in [-0.4, -0.2) is 71.2 Å². The highest BCUT2D eigenvalue weighted by molar-refractivity contribution is 5.77. The first-order chi connectivity index (χ1) is 13.5. The monoisotopic (exact) mass is 385 g/mol. The van der Waals surface area contributed by atoms with Crippen molar-refractivity contribution >= 4 is 11.6 Å². The van der Waals surface area contributed by atoms with Crippen molar-refractivity contribution in [3.05, 3.63) is 29.8 Å². The van der Waals surface area contributed by atoms with E-state index in [2.05, 4.69) is 52.8 Å². The Hall–Kier alpha value is -1.59. The number of amides is 1. The second-order valence-electron chi connectivity index (χ2n) is 9.01. The van der Waals surface area contributed by atoms with E-state index in [9.17, 15) is 9.90 Å². The maximum absolute atomic E-state index is 12.4. The van der Waals surface area contributed by atoms with Gasteiger partial charge in [0, 0.05) is 56.9 Å². The Morgan fingerprint density at radius 1 is 1.07 bits per heavy atom. The van der Waals surface area contributed by atoms with Gasteiger partial charge >= 0.3 is 0 Å². The summed E-state index contributed by atoms with van der Waals surface area (Å²) in [5, 5.41) is 11.3. The van der Waals surface area contributed by atoms with Crippen LogP contribution in [0.15, 0.2) is 24.3 Å². The van der Waals surface area contributed by atoms with E-state index in [1.165, 1.54) is 11.3 Å². The summed E-state index contributed by atoms with van der Waals surface area (Å²) < 4.78 is 0. The average Bonchev–Trinajstić information content (AvgIpc) is 2.97. The normalized spacial score (nSPS) is 28.3. The van der Waals surface area contributed by atoms with Crippen molar-refractivity contribution in [3.8, 4) is 0 Å². The molecule has 0 radical (unpaired) electrons. The van der Waals surface area contributed by atoms with E-state index in [1.54, 1.807) is 0 Å². The summed E-state index contributed by atoms with van der Waals surface area (Å²) in [7, 11) is 0. The zero-order chi connectivity index (χ0) is 19.7. The van der Waals surface area contributed by atoms with Crippen molar-refractivity contribution in [2.45, 2.75) is 70.1 Å². The number of carbonyl (C=O) groups is 1. The van der Waals surface area contributed by atoms with Gasteiger partial charge in [0.2, 0.25) is 5.91 Å². The highest BCUT2D eigenvalue weighted by Crippen LogP contribution is 2.34. The number of likely N-dealkylation sites (tertiary alicyclic amines) is 2. The fourth-order valence-electron chi connectivity index (χ4n) is 5.51. The number of β-amino-alcohol motifs (C(OH)–C–C–N with tert-alkyl or cyclic N) is 1. The fraction of sp³-hybridized carbons (Fsp3) is 0.696. The van der Waals surface area contributed by atoms with Gasteiger partial charge < -0.3 is 14.9 Å². The number of fused-ring (bicyclic) bond motifs is 1. The van der Waals surface area contributed by atoms with Crippen LogP contribution >= 0.6 is 0 Å². The van der Waals surface area contributed by atoms with Gasteiger partial charge in [-0.15, -0.1) is 0 Å². The third kappa shape index (κ3) is 3.92. The molecule has 5 nitrogen and oxygen atoms in total. The van der Waals surface area contributed by atoms with Crippen molar-refractivity contribution < 1.29 is 9.90 Å². The Morgan fingerprint density at radius 3 is 2.46 bits per heavy atom. The highest BCUT2D eigenvalue weighted by Gasteiger charge is 2.44. The molecule has 4 rings (SSSR count). The lowest BCUT2D eigenvalue weighted by atomic mass is 9.90. The van der Waals surface area contributed by atoms with Crippen LogP contribution < -0.4 is 4.90 Å². The van der Waals surface area contributed by atoms with E-state index >= 15 is 0 Å². The first kappa shape index (κ1) is 19.7. The van der Waals surface area contributed by atoms with Gasteiger partial charge in [0.05, 0.1) is 5.60 Å². The molecule has 3 fully saturated rings. The summed E-state index contributed by atoms with van der Waals surface area (Å²) in [4.78, 5) is 19.4. The third-order valence-corrected chi connectivity index (χ3v) is 7.17. The molecule has 28 heavy (non-hydrogen) atoms. The molecule has 0 aliphatic carbocycles. The lowest BCUT2D eigenvalue weighted by molar-refractivity contribution is -0.132. The Labute approximate surface area is 169 Å². The number of anilines is 1. The summed E-state index contributed by atoms with van der Waals surface area (Å²) in [6, 6.07) is 9.46. The molecule has 1 aromatic carbocycles. The summed E-state index contributed by atoms with van der Waals surface area (Å²) in [5.74, 6) is 0.321. The van der Waals surface area contributed by atoms with E-state index in [1.807, 2.05) is 0 Å². The molecule has 3 saturated heterocycles. The number of hydrogen-bond donors (Lipinski definition) is 1. The van der Waals surface area contributed by atoms with Gasteiger partial charge in [0.1, 0.15) is 0 Å². The largest absolute Gasteiger partial charge is 0.388 e. The maximum Gasteiger partial charge on any atom is 0.222 e. The number of aryl methyl sites for hydroxylation is 1. The van der Waals surface area contributed by atoms with Crippen LogP contribution in [0.25, 0.3) is 0 Å². The molecule has 0 spiro atoms. The molecule has 1 amide bonds. The number of rotatable bonds is 4. The number of hydrogen-bond acceptors (Lipinski definition) is 4. The number of nitrogens with zero attached hydrogens (tertiary/aromatic N) is 3. The van der Waals surface area contributed by atoms with Gasteiger partial charge in [-0.2, -0.15) is 0 Å². The van der Waals surface area contributed by atoms with E-state index < -0.39 is 5.60 Å². The molecule has 5 heteroatoms. The van der Waals surface area contributed by atoms with Crippen molar-refractivity contribution in [2.24, 2.45) is 0 Å². The zero-order valence-corrected chi connectivity index (χ0v) is 17.4. The van der Waals surface area contributed by atoms with E-state index in [-0.39, 0.29) is 0 Å². The van der Waals surface area contributed by atoms with Crippen molar-refractivity contribution in [2.75, 3.05) is 37.6 Å². The molecule has 3 aliphatic heterocycles. The number of piperidine rings is 1. The highest BCUT2D eigenvalue weighted by atomic mass is 16.3. The van der Waals surface area contributed by atoms with Crippen molar-refractivity contribution in [1.29, 1.82) is 0 Å². The minimum Gasteiger partial charge on any atom is -0.388 e. The van der Waals surface area contributed by atoms with E-state index in [0.29, 0.717) is 24.4 Å². The van der Waals surface area contributed by atoms with Gasteiger partial charge in [-0.05, 0) is 58.1 Å². The van der Waals surface area contributed by atoms with Crippen molar-refractivity contribution in [3.63, 3.8) is 0 Å². The van der Waals surface area contributed by atoms with Crippen LogP contribution in [0.2, 0.25) is 0 Å². The number of carbonyl (C=O) groups excluding carboxylic acids is 1. The maximum atomic E-state index is 12.4. The molecule has 0 saturated carbocycles. The number of aliphatic hydroxyl groups is 1. The summed E-state index contributed by atoms with van der Waals surface area (Å²) >= 11 is 0. The van der Waals surface area contributed by atoms with Gasteiger partial charge in [-0.1, -0.05) is 17.7 Å². The van der Waals surface area contributed by atoms with Gasteiger partial charge in [0.15, 0.2) is 0 Å². The summed E-state index contributed by atoms with van der Waals surface area (Å²) in [6.07, 6.45) is 5.42. The SMILES string of the molecule is CCN1C(=O)CCC[C@H]2[C@@H]1CCN2CC1(O)CCN(c2ccc(C)cc2)CC1. The quantitative estimate of drug-likeness (QED) is 0.866. The van der Waals surface area contributed by atoms with E-state index in [0.717, 1.165) is 64.8 Å². The minimum atomic E-state index is -0.608. The molecule has 1 N–H and O–H groups in total. The topological polar surface area (TPSA) is 47.0 Å². The lowest BCUT2D eigenvalue weighted by Gasteiger charge is -2.43. The standard InChI is InChI=1S/C23H35N3O2/c1-3-26-21-11-14-25(20(21)5-4-6-22(26)27)17-23(28)12-15-24(16-13-23)19-9-7-18(2)8-10-19/h7-10,20-21,28H,3-6,11-17H2,1-2H3/t20-,21-/m0/s1. The second-order valence-corrected chi connectivity index (χ2v) is 9.01. The van der Waals surface area contributed by atoms with Gasteiger partial charge in [-0.3, -0.25) is 9.69 Å². The predicted octanol–water partition coefficient (Wildman–Crippen LogP) is 2.80. The summed E-state index contributed by atoms with van der Waals surface area (Å²) in [6.45, 7) is 8.58. The van der Waals surface area contributed by atoms with Gasteiger partial charge in [0.25, 0.3) is 0 Å². The Balaban J connectivity index is 1.38. The van der Waals surface area contributed by atoms with Crippen LogP contribution in [0.4, 0.5) is 5.69 Å². The van der Waals surface area contributed by atoms with Crippen LogP contribution in [0, 0.1) is 6.92 Å². The molecule has 3 aliphatic rings. The van der Waals surface area contributed by atoms with Crippen LogP contribution in [0.5, 0.6) is 0 Å². The van der Waals surface area contributed by atoms with Crippen LogP contribution in [-0.2, 0) is 4.79 Å². The Morgan fingerprint density at radius 2 is 1.79 bits per heavy atom. The molecule has 1 aromatic rings. The smallest absolute Gasteiger partial charge is 0.222 e. The Bertz CT molecular complexity index is 682. The predicted molar refractivity (Wildman–Crippen MR) is 113 cm³/mol. The summed E-state index contributed by atoms with van der Waals surface area (Å²) in [5.41, 5.74) is 1.93. The third-order valence-electron chi connectivity index (χ3n) is 7.17. The molecular formula is C23H35N3O2. The molecule has 0 unspecified atom stereocenters. The Kier molecular flexibility index (Phi) is 5.66. The zero-order valence-electron chi connectivity index (χ0n) is 17.4. The van der Waals surface area contributed by atoms with Crippen LogP contribution in [0.1, 0.15) is 51.0 Å². The molecule has 154 valence electrons. The fourth-order valence-corrected chi connectivity index (χ4v) is 5.51. The van der Waals surface area contributed by atoms with E-state index in [4.69, 9.17) is 0 Å². The molecular weight excluding hydrogens is 350 g/mol. The second kappa shape index (κ2) is 8.03. The minimum absolute atomic E-state index is 0.321. The molecule has 3 heterocycles. The first-order valence-corrected chi connectivity index (χ1v) is 11.1. The van der Waals surface area contributed by atoms with Crippen LogP contribution in [0.3, 0.4) is 0 Å². The molecule has 0 bridgehead atoms. The molecule has 2 atom stereocenters. The van der Waals surface area contributed by atoms with Gasteiger partial charge in [-0.25, -0.2) is 0 Å². The first-order valence-electron chi connectivity index (χ1n) is 11.1. The van der Waals surface area contributed by atoms with Crippen molar-refractivity contribution in [1.82, 2.24) is 9.80 Å². The lowest BCUT2D eigenvalue weighted by Crippen LogP contribution is -2.53. The number of likely N-dealkylation sites (N-methyl/N-ethyl adjacent to an activating group) is 1.